The lowest BCUT2D eigenvalue weighted by Crippen LogP contribution is -2.43. The van der Waals surface area contributed by atoms with Gasteiger partial charge in [0, 0.05) is 38.4 Å². The first kappa shape index (κ1) is 18.6. The van der Waals surface area contributed by atoms with E-state index < -0.39 is 21.5 Å². The van der Waals surface area contributed by atoms with Crippen LogP contribution in [0.4, 0.5) is 20.2 Å². The third-order valence-electron chi connectivity index (χ3n) is 4.30. The summed E-state index contributed by atoms with van der Waals surface area (Å²) in [5, 5.41) is 6.34. The highest BCUT2D eigenvalue weighted by Gasteiger charge is 2.24. The van der Waals surface area contributed by atoms with Crippen molar-refractivity contribution >= 4 is 21.2 Å². The Balaban J connectivity index is 2.03. The summed E-state index contributed by atoms with van der Waals surface area (Å²) in [7, 11) is -3.98. The largest absolute Gasteiger partial charge is 0.384 e. The fourth-order valence-electron chi connectivity index (χ4n) is 2.97. The maximum Gasteiger partial charge on any atom is 0.208 e. The van der Waals surface area contributed by atoms with Gasteiger partial charge in [0.25, 0.3) is 0 Å². The molecule has 0 atom stereocenters. The van der Waals surface area contributed by atoms with Crippen LogP contribution in [0.5, 0.6) is 0 Å². The Hall–Kier alpha value is -2.19. The van der Waals surface area contributed by atoms with E-state index in [1.54, 1.807) is 12.1 Å². The summed E-state index contributed by atoms with van der Waals surface area (Å²) >= 11 is 0. The first-order valence-corrected chi connectivity index (χ1v) is 9.95. The van der Waals surface area contributed by atoms with E-state index in [0.29, 0.717) is 18.3 Å². The zero-order valence-corrected chi connectivity index (χ0v) is 15.2. The molecule has 1 aliphatic rings. The van der Waals surface area contributed by atoms with Gasteiger partial charge in [-0.1, -0.05) is 0 Å². The van der Waals surface area contributed by atoms with Crippen molar-refractivity contribution in [3.8, 4) is 0 Å². The number of sulfone groups is 1. The van der Waals surface area contributed by atoms with Crippen molar-refractivity contribution < 1.29 is 17.2 Å². The second-order valence-corrected chi connectivity index (χ2v) is 7.95. The lowest BCUT2D eigenvalue weighted by atomic mass is 10.2. The summed E-state index contributed by atoms with van der Waals surface area (Å²) in [5.41, 5.74) is 1.37. The number of nitrogens with zero attached hydrogens (tertiary/aromatic N) is 1. The maximum atomic E-state index is 13.5. The number of halogens is 2. The van der Waals surface area contributed by atoms with E-state index in [4.69, 9.17) is 0 Å². The molecule has 8 heteroatoms. The van der Waals surface area contributed by atoms with E-state index in [1.165, 1.54) is 6.07 Å². The normalized spacial score (nSPS) is 15.1. The van der Waals surface area contributed by atoms with Gasteiger partial charge >= 0.3 is 0 Å². The van der Waals surface area contributed by atoms with Crippen LogP contribution in [0.3, 0.4) is 0 Å². The SMILES string of the molecule is CCNc1cc(N2CCNCC2)ccc1S(=O)(=O)c1ccc(F)c(F)c1. The summed E-state index contributed by atoms with van der Waals surface area (Å²) in [6.45, 7) is 5.80. The number of hydrogen-bond acceptors (Lipinski definition) is 5. The number of piperazine rings is 1. The molecule has 0 amide bonds. The van der Waals surface area contributed by atoms with E-state index in [0.717, 1.165) is 44.0 Å². The van der Waals surface area contributed by atoms with Crippen molar-refractivity contribution in [1.82, 2.24) is 5.32 Å². The van der Waals surface area contributed by atoms with Crippen molar-refractivity contribution in [2.24, 2.45) is 0 Å². The van der Waals surface area contributed by atoms with E-state index in [-0.39, 0.29) is 9.79 Å². The van der Waals surface area contributed by atoms with Gasteiger partial charge in [0.1, 0.15) is 0 Å². The number of nitrogens with one attached hydrogen (secondary N) is 2. The topological polar surface area (TPSA) is 61.4 Å². The molecule has 1 saturated heterocycles. The molecule has 0 aliphatic carbocycles. The van der Waals surface area contributed by atoms with Gasteiger partial charge in [0.05, 0.1) is 15.5 Å². The van der Waals surface area contributed by atoms with Crippen molar-refractivity contribution in [3.05, 3.63) is 48.0 Å². The van der Waals surface area contributed by atoms with Gasteiger partial charge in [-0.15, -0.1) is 0 Å². The Morgan fingerprint density at radius 1 is 1.08 bits per heavy atom. The summed E-state index contributed by atoms with van der Waals surface area (Å²) in [6, 6.07) is 7.68. The molecule has 2 aromatic carbocycles. The van der Waals surface area contributed by atoms with Crippen LogP contribution in [0.2, 0.25) is 0 Å². The zero-order chi connectivity index (χ0) is 18.7. The van der Waals surface area contributed by atoms with E-state index in [2.05, 4.69) is 15.5 Å². The smallest absolute Gasteiger partial charge is 0.208 e. The van der Waals surface area contributed by atoms with Crippen molar-refractivity contribution in [2.75, 3.05) is 42.9 Å². The molecule has 0 spiro atoms. The minimum Gasteiger partial charge on any atom is -0.384 e. The molecular formula is C18H21F2N3O2S. The fourth-order valence-corrected chi connectivity index (χ4v) is 4.40. The van der Waals surface area contributed by atoms with Crippen LogP contribution in [0, 0.1) is 11.6 Å². The van der Waals surface area contributed by atoms with Crippen LogP contribution in [0.15, 0.2) is 46.2 Å². The number of rotatable bonds is 5. The summed E-state index contributed by atoms with van der Waals surface area (Å²) < 4.78 is 52.5. The van der Waals surface area contributed by atoms with E-state index in [9.17, 15) is 17.2 Å². The average molecular weight is 381 g/mol. The molecule has 5 nitrogen and oxygen atoms in total. The molecular weight excluding hydrogens is 360 g/mol. The van der Waals surface area contributed by atoms with Crippen molar-refractivity contribution in [2.45, 2.75) is 16.7 Å². The predicted octanol–water partition coefficient (Wildman–Crippen LogP) is 2.64. The Labute approximate surface area is 151 Å². The second kappa shape index (κ2) is 7.59. The quantitative estimate of drug-likeness (QED) is 0.780. The summed E-state index contributed by atoms with van der Waals surface area (Å²) in [6.07, 6.45) is 0. The highest BCUT2D eigenvalue weighted by molar-refractivity contribution is 7.91. The average Bonchev–Trinajstić information content (AvgIpc) is 2.64. The van der Waals surface area contributed by atoms with E-state index >= 15 is 0 Å². The van der Waals surface area contributed by atoms with Gasteiger partial charge in [0.15, 0.2) is 11.6 Å². The van der Waals surface area contributed by atoms with Crippen molar-refractivity contribution in [1.29, 1.82) is 0 Å². The third-order valence-corrected chi connectivity index (χ3v) is 6.11. The van der Waals surface area contributed by atoms with Gasteiger partial charge in [-0.25, -0.2) is 17.2 Å². The molecule has 0 bridgehead atoms. The van der Waals surface area contributed by atoms with Crippen LogP contribution >= 0.6 is 0 Å². The highest BCUT2D eigenvalue weighted by Crippen LogP contribution is 2.32. The lowest BCUT2D eigenvalue weighted by Gasteiger charge is -2.30. The Kier molecular flexibility index (Phi) is 5.43. The minimum atomic E-state index is -3.98. The van der Waals surface area contributed by atoms with E-state index in [1.807, 2.05) is 6.92 Å². The molecule has 3 rings (SSSR count). The number of benzene rings is 2. The molecule has 0 saturated carbocycles. The Bertz CT molecular complexity index is 897. The molecule has 1 aliphatic heterocycles. The van der Waals surface area contributed by atoms with Crippen LogP contribution in [-0.4, -0.2) is 41.1 Å². The van der Waals surface area contributed by atoms with Gasteiger partial charge in [-0.3, -0.25) is 0 Å². The molecule has 26 heavy (non-hydrogen) atoms. The third kappa shape index (κ3) is 3.66. The number of hydrogen-bond donors (Lipinski definition) is 2. The molecule has 2 N–H and O–H groups in total. The predicted molar refractivity (Wildman–Crippen MR) is 97.5 cm³/mol. The second-order valence-electron chi connectivity index (χ2n) is 6.03. The van der Waals surface area contributed by atoms with Gasteiger partial charge in [0.2, 0.25) is 9.84 Å². The lowest BCUT2D eigenvalue weighted by molar-refractivity contribution is 0.504. The minimum absolute atomic E-state index is 0.0456. The van der Waals surface area contributed by atoms with Crippen molar-refractivity contribution in [3.63, 3.8) is 0 Å². The first-order valence-electron chi connectivity index (χ1n) is 8.47. The number of anilines is 2. The molecule has 140 valence electrons. The maximum absolute atomic E-state index is 13.5. The Morgan fingerprint density at radius 3 is 2.46 bits per heavy atom. The van der Waals surface area contributed by atoms with Gasteiger partial charge in [-0.2, -0.15) is 0 Å². The molecule has 2 aromatic rings. The summed E-state index contributed by atoms with van der Waals surface area (Å²) in [5.74, 6) is -2.27. The monoisotopic (exact) mass is 381 g/mol. The first-order chi connectivity index (χ1) is 12.4. The molecule has 0 unspecified atom stereocenters. The van der Waals surface area contributed by atoms with Crippen LogP contribution < -0.4 is 15.5 Å². The van der Waals surface area contributed by atoms with Gasteiger partial charge < -0.3 is 15.5 Å². The molecule has 1 heterocycles. The standard InChI is InChI=1S/C18H21F2N3O2S/c1-2-22-17-11-13(23-9-7-21-8-10-23)3-6-18(17)26(24,25)14-4-5-15(19)16(20)12-14/h3-6,11-12,21-22H,2,7-10H2,1H3. The summed E-state index contributed by atoms with van der Waals surface area (Å²) in [4.78, 5) is 1.94. The zero-order valence-electron chi connectivity index (χ0n) is 14.4. The van der Waals surface area contributed by atoms with Crippen LogP contribution in [0.1, 0.15) is 6.92 Å². The fraction of sp³-hybridized carbons (Fsp3) is 0.333. The molecule has 1 fully saturated rings. The molecule has 0 radical (unpaired) electrons. The molecule has 0 aromatic heterocycles. The van der Waals surface area contributed by atoms with Gasteiger partial charge in [-0.05, 0) is 43.3 Å². The van der Waals surface area contributed by atoms with Crippen LogP contribution in [0.25, 0.3) is 0 Å². The Morgan fingerprint density at radius 2 is 1.81 bits per heavy atom. The van der Waals surface area contributed by atoms with Crippen LogP contribution in [-0.2, 0) is 9.84 Å². The highest BCUT2D eigenvalue weighted by atomic mass is 32.2.